The molecule has 1 heterocycles. The molecule has 4 nitrogen and oxygen atoms in total. The number of nitrogens with zero attached hydrogens (tertiary/aromatic N) is 2. The van der Waals surface area contributed by atoms with Crippen LogP contribution in [0.4, 0.5) is 5.82 Å². The zero-order chi connectivity index (χ0) is 14.5. The summed E-state index contributed by atoms with van der Waals surface area (Å²) >= 11 is 3.49. The maximum atomic E-state index is 5.87. The van der Waals surface area contributed by atoms with Crippen molar-refractivity contribution in [1.82, 2.24) is 9.97 Å². The van der Waals surface area contributed by atoms with Crippen LogP contribution in [0.5, 0.6) is 5.75 Å². The van der Waals surface area contributed by atoms with Crippen LogP contribution in [0, 0.1) is 0 Å². The van der Waals surface area contributed by atoms with E-state index in [-0.39, 0.29) is 0 Å². The van der Waals surface area contributed by atoms with Crippen LogP contribution < -0.4 is 10.1 Å². The van der Waals surface area contributed by atoms with E-state index in [0.29, 0.717) is 12.5 Å². The molecule has 0 aliphatic rings. The molecule has 0 fully saturated rings. The molecule has 106 valence electrons. The Labute approximate surface area is 127 Å². The number of halogens is 1. The minimum Gasteiger partial charge on any atom is -0.487 e. The van der Waals surface area contributed by atoms with Gasteiger partial charge in [-0.25, -0.2) is 4.98 Å². The lowest BCUT2D eigenvalue weighted by atomic mass is 10.0. The van der Waals surface area contributed by atoms with E-state index in [1.165, 1.54) is 5.56 Å². The van der Waals surface area contributed by atoms with Gasteiger partial charge in [-0.1, -0.05) is 29.8 Å². The Morgan fingerprint density at radius 3 is 2.65 bits per heavy atom. The summed E-state index contributed by atoms with van der Waals surface area (Å²) in [7, 11) is 1.82. The van der Waals surface area contributed by atoms with Crippen molar-refractivity contribution < 1.29 is 4.74 Å². The van der Waals surface area contributed by atoms with Gasteiger partial charge in [0.2, 0.25) is 0 Å². The first-order valence-corrected chi connectivity index (χ1v) is 7.30. The lowest BCUT2D eigenvalue weighted by molar-refractivity contribution is 0.296. The molecule has 0 spiro atoms. The molecule has 0 unspecified atom stereocenters. The predicted molar refractivity (Wildman–Crippen MR) is 84.1 cm³/mol. The van der Waals surface area contributed by atoms with E-state index < -0.39 is 0 Å². The second-order valence-electron chi connectivity index (χ2n) is 4.77. The largest absolute Gasteiger partial charge is 0.487 e. The molecule has 5 heteroatoms. The van der Waals surface area contributed by atoms with Crippen LogP contribution in [0.1, 0.15) is 31.0 Å². The third-order valence-corrected chi connectivity index (χ3v) is 3.42. The average molecular weight is 336 g/mol. The van der Waals surface area contributed by atoms with Crippen LogP contribution in [-0.4, -0.2) is 17.0 Å². The highest BCUT2D eigenvalue weighted by molar-refractivity contribution is 9.10. The molecule has 0 saturated carbocycles. The first kappa shape index (κ1) is 14.8. The quantitative estimate of drug-likeness (QED) is 0.897. The predicted octanol–water partition coefficient (Wildman–Crippen LogP) is 3.98. The van der Waals surface area contributed by atoms with Crippen molar-refractivity contribution in [2.45, 2.75) is 26.4 Å². The van der Waals surface area contributed by atoms with E-state index in [0.717, 1.165) is 21.7 Å². The number of hydrogen-bond acceptors (Lipinski definition) is 4. The van der Waals surface area contributed by atoms with Gasteiger partial charge in [-0.15, -0.1) is 0 Å². The van der Waals surface area contributed by atoms with Crippen molar-refractivity contribution in [1.29, 1.82) is 0 Å². The number of anilines is 1. The third-order valence-electron chi connectivity index (χ3n) is 2.93. The van der Waals surface area contributed by atoms with Crippen LogP contribution in [0.15, 0.2) is 35.1 Å². The first-order chi connectivity index (χ1) is 9.60. The van der Waals surface area contributed by atoms with Gasteiger partial charge in [0.1, 0.15) is 18.2 Å². The average Bonchev–Trinajstić information content (AvgIpc) is 2.46. The minimum atomic E-state index is 0.403. The van der Waals surface area contributed by atoms with Crippen molar-refractivity contribution in [3.63, 3.8) is 0 Å². The summed E-state index contributed by atoms with van der Waals surface area (Å²) < 4.78 is 6.93. The smallest absolute Gasteiger partial charge is 0.144 e. The molecule has 0 amide bonds. The summed E-state index contributed by atoms with van der Waals surface area (Å²) in [4.78, 5) is 8.52. The summed E-state index contributed by atoms with van der Waals surface area (Å²) in [5, 5.41) is 2.94. The second-order valence-corrected chi connectivity index (χ2v) is 5.68. The van der Waals surface area contributed by atoms with E-state index in [1.54, 1.807) is 12.4 Å². The highest BCUT2D eigenvalue weighted by Crippen LogP contribution is 2.29. The van der Waals surface area contributed by atoms with Gasteiger partial charge >= 0.3 is 0 Å². The van der Waals surface area contributed by atoms with Gasteiger partial charge in [0, 0.05) is 11.5 Å². The molecule has 0 aliphatic heterocycles. The molecule has 0 aliphatic carbocycles. The normalized spacial score (nSPS) is 10.7. The van der Waals surface area contributed by atoms with Gasteiger partial charge in [-0.05, 0) is 29.7 Å². The Morgan fingerprint density at radius 1 is 1.25 bits per heavy atom. The van der Waals surface area contributed by atoms with Gasteiger partial charge in [-0.2, -0.15) is 0 Å². The Kier molecular flexibility index (Phi) is 4.95. The van der Waals surface area contributed by atoms with Crippen molar-refractivity contribution in [2.75, 3.05) is 12.4 Å². The zero-order valence-electron chi connectivity index (χ0n) is 11.9. The molecule has 2 rings (SSSR count). The van der Waals surface area contributed by atoms with Gasteiger partial charge in [0.25, 0.3) is 0 Å². The molecular formula is C15H18BrN3O. The number of aromatic nitrogens is 2. The van der Waals surface area contributed by atoms with Crippen LogP contribution in [0.25, 0.3) is 0 Å². The maximum Gasteiger partial charge on any atom is 0.144 e. The molecule has 20 heavy (non-hydrogen) atoms. The van der Waals surface area contributed by atoms with Crippen LogP contribution in [-0.2, 0) is 6.61 Å². The molecule has 1 aromatic heterocycles. The maximum absolute atomic E-state index is 5.87. The molecule has 1 aromatic carbocycles. The summed E-state index contributed by atoms with van der Waals surface area (Å²) in [6.07, 6.45) is 3.42. The van der Waals surface area contributed by atoms with E-state index in [4.69, 9.17) is 4.74 Å². The number of rotatable bonds is 5. The number of ether oxygens (including phenoxy) is 1. The van der Waals surface area contributed by atoms with E-state index in [1.807, 2.05) is 19.2 Å². The molecule has 2 aromatic rings. The molecule has 1 N–H and O–H groups in total. The standard InChI is InChI=1S/C15H18BrN3O/c1-10(2)13-6-11(16)4-5-14(13)20-9-12-7-19-15(17-3)8-18-12/h4-8,10H,9H2,1-3H3,(H,17,19). The molecule has 0 radical (unpaired) electrons. The lowest BCUT2D eigenvalue weighted by Crippen LogP contribution is -2.03. The molecule has 0 bridgehead atoms. The van der Waals surface area contributed by atoms with Crippen molar-refractivity contribution in [3.8, 4) is 5.75 Å². The van der Waals surface area contributed by atoms with E-state index >= 15 is 0 Å². The summed E-state index contributed by atoms with van der Waals surface area (Å²) in [5.41, 5.74) is 1.99. The van der Waals surface area contributed by atoms with Crippen LogP contribution in [0.3, 0.4) is 0 Å². The number of nitrogens with one attached hydrogen (secondary N) is 1. The van der Waals surface area contributed by atoms with Gasteiger partial charge in [0.05, 0.1) is 18.1 Å². The zero-order valence-corrected chi connectivity index (χ0v) is 13.4. The molecular weight excluding hydrogens is 318 g/mol. The molecule has 0 saturated heterocycles. The SMILES string of the molecule is CNc1cnc(COc2ccc(Br)cc2C(C)C)cn1. The fraction of sp³-hybridized carbons (Fsp3) is 0.333. The second kappa shape index (κ2) is 6.70. The Hall–Kier alpha value is -1.62. The van der Waals surface area contributed by atoms with Crippen molar-refractivity contribution in [2.24, 2.45) is 0 Å². The van der Waals surface area contributed by atoms with Gasteiger partial charge in [-0.3, -0.25) is 4.98 Å². The van der Waals surface area contributed by atoms with Gasteiger partial charge < -0.3 is 10.1 Å². The van der Waals surface area contributed by atoms with Crippen LogP contribution >= 0.6 is 15.9 Å². The van der Waals surface area contributed by atoms with Crippen molar-refractivity contribution in [3.05, 3.63) is 46.3 Å². The van der Waals surface area contributed by atoms with Gasteiger partial charge in [0.15, 0.2) is 0 Å². The fourth-order valence-electron chi connectivity index (χ4n) is 1.81. The Bertz CT molecular complexity index is 570. The highest BCUT2D eigenvalue weighted by Gasteiger charge is 2.09. The fourth-order valence-corrected chi connectivity index (χ4v) is 2.19. The number of benzene rings is 1. The van der Waals surface area contributed by atoms with E-state index in [2.05, 4.69) is 51.1 Å². The topological polar surface area (TPSA) is 47.0 Å². The monoisotopic (exact) mass is 335 g/mol. The first-order valence-electron chi connectivity index (χ1n) is 6.51. The summed E-state index contributed by atoms with van der Waals surface area (Å²) in [5.74, 6) is 2.04. The Balaban J connectivity index is 2.10. The lowest BCUT2D eigenvalue weighted by Gasteiger charge is -2.14. The summed E-state index contributed by atoms with van der Waals surface area (Å²) in [6.45, 7) is 4.71. The van der Waals surface area contributed by atoms with Crippen molar-refractivity contribution >= 4 is 21.7 Å². The molecule has 0 atom stereocenters. The summed E-state index contributed by atoms with van der Waals surface area (Å²) in [6, 6.07) is 6.06. The number of hydrogen-bond donors (Lipinski definition) is 1. The minimum absolute atomic E-state index is 0.403. The third kappa shape index (κ3) is 3.70. The Morgan fingerprint density at radius 2 is 2.05 bits per heavy atom. The van der Waals surface area contributed by atoms with E-state index in [9.17, 15) is 0 Å². The van der Waals surface area contributed by atoms with Crippen LogP contribution in [0.2, 0.25) is 0 Å². The highest BCUT2D eigenvalue weighted by atomic mass is 79.9.